The van der Waals surface area contributed by atoms with Crippen molar-refractivity contribution in [3.63, 3.8) is 0 Å². The highest BCUT2D eigenvalue weighted by Crippen LogP contribution is 2.34. The zero-order chi connectivity index (χ0) is 14.3. The predicted octanol–water partition coefficient (Wildman–Crippen LogP) is -4.41. The highest BCUT2D eigenvalue weighted by atomic mass is 16.7. The summed E-state index contributed by atoms with van der Waals surface area (Å²) < 4.78 is 4.59. The molecule has 0 amide bonds. The van der Waals surface area contributed by atoms with Crippen LogP contribution in [0.2, 0.25) is 0 Å². The minimum atomic E-state index is -3.25. The van der Waals surface area contributed by atoms with E-state index < -0.39 is 48.0 Å². The average molecular weight is 265 g/mol. The van der Waals surface area contributed by atoms with Crippen LogP contribution in [0.1, 0.15) is 6.92 Å². The number of ketones is 2. The van der Waals surface area contributed by atoms with Crippen molar-refractivity contribution < 1.29 is 39.9 Å². The van der Waals surface area contributed by atoms with Gasteiger partial charge in [0, 0.05) is 6.92 Å². The summed E-state index contributed by atoms with van der Waals surface area (Å²) in [4.78, 5) is 22.5. The molecule has 7 N–H and O–H groups in total. The zero-order valence-electron chi connectivity index (χ0n) is 9.48. The van der Waals surface area contributed by atoms with Gasteiger partial charge in [-0.1, -0.05) is 0 Å². The highest BCUT2D eigenvalue weighted by molar-refractivity contribution is 6.39. The summed E-state index contributed by atoms with van der Waals surface area (Å²) in [6.45, 7) is -0.0765. The van der Waals surface area contributed by atoms with Crippen LogP contribution >= 0.6 is 0 Å². The Balaban J connectivity index is 3.24. The molecule has 0 radical (unpaired) electrons. The van der Waals surface area contributed by atoms with E-state index in [0.29, 0.717) is 0 Å². The van der Waals surface area contributed by atoms with Crippen molar-refractivity contribution in [2.75, 3.05) is 6.61 Å². The highest BCUT2D eigenvalue weighted by Gasteiger charge is 2.66. The molecule has 5 atom stereocenters. The van der Waals surface area contributed by atoms with Crippen molar-refractivity contribution in [1.82, 2.24) is 0 Å². The van der Waals surface area contributed by atoms with E-state index in [9.17, 15) is 30.0 Å². The molecule has 0 aromatic heterocycles. The number of rotatable bonds is 3. The molecule has 0 saturated carbocycles. The van der Waals surface area contributed by atoms with Crippen LogP contribution in [0.3, 0.4) is 0 Å². The van der Waals surface area contributed by atoms with Crippen LogP contribution in [-0.4, -0.2) is 73.5 Å². The van der Waals surface area contributed by atoms with Gasteiger partial charge in [0.05, 0.1) is 6.61 Å². The van der Waals surface area contributed by atoms with Crippen LogP contribution in [0.25, 0.3) is 0 Å². The standard InChI is InChI=1S/C9H15NO8/c1-3(12)6(14)9(17)8(10,16)7(15)5(13)4(2-11)18-9/h4-5,7,11,13,15-17H,2,10H2,1H3/t4-,5-,7+,8-,9?/m1/s1. The predicted molar refractivity (Wildman–Crippen MR) is 53.7 cm³/mol. The number of carbonyl (C=O) groups is 2. The monoisotopic (exact) mass is 265 g/mol. The second-order valence-electron chi connectivity index (χ2n) is 4.13. The lowest BCUT2D eigenvalue weighted by molar-refractivity contribution is -0.367. The minimum Gasteiger partial charge on any atom is -0.394 e. The summed E-state index contributed by atoms with van der Waals surface area (Å²) in [5.74, 6) is -6.02. The maximum Gasteiger partial charge on any atom is 0.281 e. The van der Waals surface area contributed by atoms with Gasteiger partial charge in [0.1, 0.15) is 18.3 Å². The van der Waals surface area contributed by atoms with E-state index in [-0.39, 0.29) is 0 Å². The second-order valence-corrected chi connectivity index (χ2v) is 4.13. The van der Waals surface area contributed by atoms with Gasteiger partial charge in [0.15, 0.2) is 0 Å². The fourth-order valence-electron chi connectivity index (χ4n) is 1.67. The first-order valence-corrected chi connectivity index (χ1v) is 5.03. The van der Waals surface area contributed by atoms with Gasteiger partial charge in [-0.2, -0.15) is 0 Å². The Hall–Kier alpha value is -0.940. The first-order chi connectivity index (χ1) is 8.09. The third kappa shape index (κ3) is 1.95. The van der Waals surface area contributed by atoms with E-state index in [2.05, 4.69) is 4.74 Å². The van der Waals surface area contributed by atoms with Gasteiger partial charge in [-0.05, 0) is 0 Å². The van der Waals surface area contributed by atoms with E-state index in [1.165, 1.54) is 0 Å². The molecular formula is C9H15NO8. The number of Topliss-reactive ketones (excluding diaryl/α,β-unsaturated/α-hetero) is 2. The number of aliphatic hydroxyl groups is 5. The van der Waals surface area contributed by atoms with Crippen molar-refractivity contribution in [1.29, 1.82) is 0 Å². The lowest BCUT2D eigenvalue weighted by Crippen LogP contribution is -2.80. The maximum absolute atomic E-state index is 11.5. The van der Waals surface area contributed by atoms with Crippen molar-refractivity contribution in [3.05, 3.63) is 0 Å². The molecule has 0 aromatic carbocycles. The van der Waals surface area contributed by atoms with E-state index in [0.717, 1.165) is 6.92 Å². The second kappa shape index (κ2) is 4.63. The van der Waals surface area contributed by atoms with E-state index >= 15 is 0 Å². The SMILES string of the molecule is CC(=O)C(=O)C1(O)O[C@H](CO)[C@@H](O)[C@H](O)[C@@]1(N)O. The molecule has 1 aliphatic rings. The Labute approximate surface area is 101 Å². The van der Waals surface area contributed by atoms with Crippen LogP contribution in [0.5, 0.6) is 0 Å². The molecule has 104 valence electrons. The molecule has 0 spiro atoms. The van der Waals surface area contributed by atoms with E-state index in [1.54, 1.807) is 0 Å². The normalized spacial score (nSPS) is 44.7. The van der Waals surface area contributed by atoms with Gasteiger partial charge in [0.2, 0.25) is 11.5 Å². The molecule has 0 aromatic rings. The first kappa shape index (κ1) is 15.1. The van der Waals surface area contributed by atoms with Crippen LogP contribution in [0, 0.1) is 0 Å². The molecule has 1 unspecified atom stereocenters. The quantitative estimate of drug-likeness (QED) is 0.218. The Morgan fingerprint density at radius 1 is 1.33 bits per heavy atom. The number of hydrogen-bond acceptors (Lipinski definition) is 9. The molecule has 18 heavy (non-hydrogen) atoms. The number of hydrogen-bond donors (Lipinski definition) is 6. The Morgan fingerprint density at radius 3 is 2.22 bits per heavy atom. The summed E-state index contributed by atoms with van der Waals surface area (Å²) in [5.41, 5.74) is 2.07. The van der Waals surface area contributed by atoms with Crippen molar-refractivity contribution in [2.24, 2.45) is 5.73 Å². The van der Waals surface area contributed by atoms with Gasteiger partial charge < -0.3 is 30.3 Å². The summed E-state index contributed by atoms with van der Waals surface area (Å²) >= 11 is 0. The molecule has 1 saturated heterocycles. The lowest BCUT2D eigenvalue weighted by atomic mass is 9.84. The third-order valence-electron chi connectivity index (χ3n) is 2.83. The van der Waals surface area contributed by atoms with Crippen LogP contribution in [0.4, 0.5) is 0 Å². The Kier molecular flexibility index (Phi) is 3.89. The van der Waals surface area contributed by atoms with Gasteiger partial charge in [-0.15, -0.1) is 0 Å². The largest absolute Gasteiger partial charge is 0.394 e. The first-order valence-electron chi connectivity index (χ1n) is 5.03. The number of nitrogens with two attached hydrogens (primary N) is 1. The number of aliphatic hydroxyl groups excluding tert-OH is 3. The summed E-state index contributed by atoms with van der Waals surface area (Å²) in [6, 6.07) is 0. The molecule has 9 heteroatoms. The maximum atomic E-state index is 11.5. The summed E-state index contributed by atoms with van der Waals surface area (Å²) in [7, 11) is 0. The number of carbonyl (C=O) groups excluding carboxylic acids is 2. The zero-order valence-corrected chi connectivity index (χ0v) is 9.48. The van der Waals surface area contributed by atoms with Gasteiger partial charge >= 0.3 is 0 Å². The van der Waals surface area contributed by atoms with Crippen LogP contribution in [0.15, 0.2) is 0 Å². The third-order valence-corrected chi connectivity index (χ3v) is 2.83. The fourth-order valence-corrected chi connectivity index (χ4v) is 1.67. The molecule has 1 heterocycles. The average Bonchev–Trinajstić information content (AvgIpc) is 2.30. The van der Waals surface area contributed by atoms with Gasteiger partial charge in [-0.25, -0.2) is 0 Å². The fraction of sp³-hybridized carbons (Fsp3) is 0.778. The molecule has 0 aliphatic carbocycles. The Morgan fingerprint density at radius 2 is 1.83 bits per heavy atom. The molecular weight excluding hydrogens is 250 g/mol. The van der Waals surface area contributed by atoms with Crippen molar-refractivity contribution >= 4 is 11.6 Å². The number of ether oxygens (including phenoxy) is 1. The molecule has 1 fully saturated rings. The molecule has 9 nitrogen and oxygen atoms in total. The minimum absolute atomic E-state index is 0.797. The summed E-state index contributed by atoms with van der Waals surface area (Å²) in [6.07, 6.45) is -5.63. The van der Waals surface area contributed by atoms with Gasteiger partial charge in [0.25, 0.3) is 11.6 Å². The smallest absolute Gasteiger partial charge is 0.281 e. The van der Waals surface area contributed by atoms with Crippen molar-refractivity contribution in [2.45, 2.75) is 36.7 Å². The molecule has 0 bridgehead atoms. The van der Waals surface area contributed by atoms with Gasteiger partial charge in [-0.3, -0.25) is 15.3 Å². The van der Waals surface area contributed by atoms with E-state index in [4.69, 9.17) is 10.8 Å². The van der Waals surface area contributed by atoms with Crippen LogP contribution < -0.4 is 5.73 Å². The molecule has 1 rings (SSSR count). The lowest BCUT2D eigenvalue weighted by Gasteiger charge is -2.49. The Bertz CT molecular complexity index is 370. The van der Waals surface area contributed by atoms with Crippen LogP contribution in [-0.2, 0) is 14.3 Å². The van der Waals surface area contributed by atoms with E-state index in [1.807, 2.05) is 0 Å². The van der Waals surface area contributed by atoms with Crippen molar-refractivity contribution in [3.8, 4) is 0 Å². The summed E-state index contributed by atoms with van der Waals surface area (Å²) in [5, 5.41) is 47.4. The topological polar surface area (TPSA) is 171 Å². The molecule has 1 aliphatic heterocycles.